The monoisotopic (exact) mass is 226 g/mol. The number of carbonyl (C=O) groups excluding carboxylic acids is 1. The fourth-order valence-corrected chi connectivity index (χ4v) is 1.02. The Kier molecular flexibility index (Phi) is 3.66. The van der Waals surface area contributed by atoms with Gasteiger partial charge in [0.05, 0.1) is 11.8 Å². The van der Waals surface area contributed by atoms with Crippen LogP contribution in [-0.4, -0.2) is 21.3 Å². The Morgan fingerprint density at radius 3 is 2.69 bits per heavy atom. The van der Waals surface area contributed by atoms with Gasteiger partial charge in [-0.15, -0.1) is 0 Å². The molecule has 0 saturated heterocycles. The number of carbonyl (C=O) groups is 1. The lowest BCUT2D eigenvalue weighted by Crippen LogP contribution is -2.39. The number of nitrogens with two attached hydrogens (primary N) is 1. The maximum atomic E-state index is 11.6. The van der Waals surface area contributed by atoms with Gasteiger partial charge in [0.2, 0.25) is 0 Å². The van der Waals surface area contributed by atoms with Crippen molar-refractivity contribution in [3.63, 3.8) is 0 Å². The number of nitrogens with zero attached hydrogens (tertiary/aromatic N) is 2. The molecule has 0 fully saturated rings. The number of amides is 1. The zero-order valence-corrected chi connectivity index (χ0v) is 10.0. The van der Waals surface area contributed by atoms with Crippen molar-refractivity contribution in [2.75, 3.05) is 0 Å². The summed E-state index contributed by atoms with van der Waals surface area (Å²) < 4.78 is 1.59. The molecule has 0 bridgehead atoms. The smallest absolute Gasteiger partial charge is 0.265 e. The van der Waals surface area contributed by atoms with Crippen LogP contribution < -0.4 is 11.2 Å². The highest BCUT2D eigenvalue weighted by atomic mass is 16.7. The first kappa shape index (κ1) is 12.7. The molecule has 0 radical (unpaired) electrons. The van der Waals surface area contributed by atoms with Crippen LogP contribution >= 0.6 is 0 Å². The summed E-state index contributed by atoms with van der Waals surface area (Å²) >= 11 is 0. The molecule has 0 aliphatic carbocycles. The molecule has 16 heavy (non-hydrogen) atoms. The molecule has 0 aliphatic heterocycles. The first-order valence-electron chi connectivity index (χ1n) is 5.01. The van der Waals surface area contributed by atoms with E-state index in [1.54, 1.807) is 24.1 Å². The van der Waals surface area contributed by atoms with E-state index in [0.717, 1.165) is 0 Å². The molecule has 0 saturated carbocycles. The standard InChI is InChI=1S/C10H18N4O2/c1-10(2,3)16-13-9(15)8(11)7-5-12-14(4)6-7/h5-6,8H,11H2,1-4H3,(H,13,15). The minimum Gasteiger partial charge on any atom is -0.316 e. The van der Waals surface area contributed by atoms with Crippen molar-refractivity contribution in [1.82, 2.24) is 15.3 Å². The first-order valence-corrected chi connectivity index (χ1v) is 5.01. The summed E-state index contributed by atoms with van der Waals surface area (Å²) in [5.41, 5.74) is 8.28. The van der Waals surface area contributed by atoms with Gasteiger partial charge in [-0.25, -0.2) is 5.48 Å². The van der Waals surface area contributed by atoms with Crippen LogP contribution in [0.4, 0.5) is 0 Å². The molecule has 6 heteroatoms. The van der Waals surface area contributed by atoms with Gasteiger partial charge in [0.1, 0.15) is 6.04 Å². The van der Waals surface area contributed by atoms with E-state index < -0.39 is 11.6 Å². The van der Waals surface area contributed by atoms with E-state index in [-0.39, 0.29) is 5.91 Å². The zero-order chi connectivity index (χ0) is 12.3. The molecule has 0 spiro atoms. The number of hydrogen-bond acceptors (Lipinski definition) is 4. The van der Waals surface area contributed by atoms with E-state index in [2.05, 4.69) is 10.6 Å². The lowest BCUT2D eigenvalue weighted by molar-refractivity contribution is -0.147. The van der Waals surface area contributed by atoms with E-state index in [9.17, 15) is 4.79 Å². The lowest BCUT2D eigenvalue weighted by atomic mass is 10.2. The van der Waals surface area contributed by atoms with Crippen LogP contribution in [0.1, 0.15) is 32.4 Å². The second-order valence-electron chi connectivity index (χ2n) is 4.61. The van der Waals surface area contributed by atoms with Crippen molar-refractivity contribution >= 4 is 5.91 Å². The van der Waals surface area contributed by atoms with Crippen molar-refractivity contribution in [2.24, 2.45) is 12.8 Å². The van der Waals surface area contributed by atoms with Crippen LogP contribution in [0.3, 0.4) is 0 Å². The van der Waals surface area contributed by atoms with Crippen molar-refractivity contribution in [3.8, 4) is 0 Å². The van der Waals surface area contributed by atoms with Crippen LogP contribution in [0.5, 0.6) is 0 Å². The quantitative estimate of drug-likeness (QED) is 0.725. The van der Waals surface area contributed by atoms with E-state index in [0.29, 0.717) is 5.56 Å². The Bertz CT molecular complexity index is 367. The number of nitrogens with one attached hydrogen (secondary N) is 1. The summed E-state index contributed by atoms with van der Waals surface area (Å²) in [5, 5.41) is 3.94. The molecule has 1 atom stereocenters. The normalized spacial score (nSPS) is 13.6. The fraction of sp³-hybridized carbons (Fsp3) is 0.600. The summed E-state index contributed by atoms with van der Waals surface area (Å²) in [7, 11) is 1.76. The highest BCUT2D eigenvalue weighted by molar-refractivity contribution is 5.81. The third kappa shape index (κ3) is 3.63. The number of aryl methyl sites for hydroxylation is 1. The van der Waals surface area contributed by atoms with Gasteiger partial charge in [0.15, 0.2) is 0 Å². The summed E-state index contributed by atoms with van der Waals surface area (Å²) in [6.07, 6.45) is 3.25. The molecule has 1 rings (SSSR count). The second kappa shape index (κ2) is 4.63. The van der Waals surface area contributed by atoms with Crippen molar-refractivity contribution in [3.05, 3.63) is 18.0 Å². The van der Waals surface area contributed by atoms with E-state index in [1.165, 1.54) is 0 Å². The summed E-state index contributed by atoms with van der Waals surface area (Å²) in [4.78, 5) is 16.7. The van der Waals surface area contributed by atoms with E-state index >= 15 is 0 Å². The van der Waals surface area contributed by atoms with Crippen LogP contribution in [0.15, 0.2) is 12.4 Å². The van der Waals surface area contributed by atoms with Gasteiger partial charge in [-0.3, -0.25) is 14.3 Å². The minimum atomic E-state index is -0.768. The Morgan fingerprint density at radius 2 is 2.25 bits per heavy atom. The highest BCUT2D eigenvalue weighted by Crippen LogP contribution is 2.10. The summed E-state index contributed by atoms with van der Waals surface area (Å²) in [6.45, 7) is 5.51. The molecular weight excluding hydrogens is 208 g/mol. The first-order chi connectivity index (χ1) is 7.29. The van der Waals surface area contributed by atoms with Crippen molar-refractivity contribution < 1.29 is 9.63 Å². The largest absolute Gasteiger partial charge is 0.316 e. The fourth-order valence-electron chi connectivity index (χ4n) is 1.02. The van der Waals surface area contributed by atoms with Gasteiger partial charge in [-0.1, -0.05) is 0 Å². The minimum absolute atomic E-state index is 0.386. The lowest BCUT2D eigenvalue weighted by Gasteiger charge is -2.20. The van der Waals surface area contributed by atoms with Gasteiger partial charge in [-0.2, -0.15) is 5.10 Å². The summed E-state index contributed by atoms with van der Waals surface area (Å²) in [5.74, 6) is -0.386. The molecular formula is C10H18N4O2. The number of hydroxylamine groups is 1. The molecule has 0 aliphatic rings. The van der Waals surface area contributed by atoms with E-state index in [4.69, 9.17) is 10.6 Å². The van der Waals surface area contributed by atoms with Gasteiger partial charge < -0.3 is 5.73 Å². The third-order valence-corrected chi connectivity index (χ3v) is 1.82. The molecule has 6 nitrogen and oxygen atoms in total. The number of hydrogen-bond donors (Lipinski definition) is 2. The van der Waals surface area contributed by atoms with Crippen LogP contribution in [-0.2, 0) is 16.7 Å². The topological polar surface area (TPSA) is 82.2 Å². The molecule has 90 valence electrons. The average molecular weight is 226 g/mol. The summed E-state index contributed by atoms with van der Waals surface area (Å²) in [6, 6.07) is -0.768. The SMILES string of the molecule is Cn1cc(C(N)C(=O)NOC(C)(C)C)cn1. The van der Waals surface area contributed by atoms with Crippen LogP contribution in [0.2, 0.25) is 0 Å². The Morgan fingerprint density at radius 1 is 1.62 bits per heavy atom. The number of rotatable bonds is 3. The molecule has 1 amide bonds. The molecule has 3 N–H and O–H groups in total. The Hall–Kier alpha value is -1.40. The van der Waals surface area contributed by atoms with Crippen LogP contribution in [0.25, 0.3) is 0 Å². The maximum absolute atomic E-state index is 11.6. The van der Waals surface area contributed by atoms with Gasteiger partial charge in [0, 0.05) is 18.8 Å². The van der Waals surface area contributed by atoms with Crippen molar-refractivity contribution in [2.45, 2.75) is 32.4 Å². The average Bonchev–Trinajstić information content (AvgIpc) is 2.59. The van der Waals surface area contributed by atoms with Gasteiger partial charge in [0.25, 0.3) is 5.91 Å². The van der Waals surface area contributed by atoms with Crippen LogP contribution in [0, 0.1) is 0 Å². The maximum Gasteiger partial charge on any atom is 0.265 e. The zero-order valence-electron chi connectivity index (χ0n) is 10.0. The van der Waals surface area contributed by atoms with Crippen molar-refractivity contribution in [1.29, 1.82) is 0 Å². The highest BCUT2D eigenvalue weighted by Gasteiger charge is 2.20. The molecule has 1 heterocycles. The molecule has 1 aromatic rings. The Labute approximate surface area is 94.7 Å². The van der Waals surface area contributed by atoms with Gasteiger partial charge in [-0.05, 0) is 20.8 Å². The third-order valence-electron chi connectivity index (χ3n) is 1.82. The Balaban J connectivity index is 2.55. The predicted octanol–water partition coefficient (Wildman–Crippen LogP) is 0.266. The predicted molar refractivity (Wildman–Crippen MR) is 59.1 cm³/mol. The second-order valence-corrected chi connectivity index (χ2v) is 4.61. The number of aromatic nitrogens is 2. The molecule has 0 aromatic carbocycles. The molecule has 1 aromatic heterocycles. The molecule has 1 unspecified atom stereocenters. The van der Waals surface area contributed by atoms with E-state index in [1.807, 2.05) is 20.8 Å². The van der Waals surface area contributed by atoms with Gasteiger partial charge >= 0.3 is 0 Å².